The minimum Gasteiger partial charge on any atom is -0.352 e. The van der Waals surface area contributed by atoms with Crippen LogP contribution >= 0.6 is 0 Å². The van der Waals surface area contributed by atoms with E-state index >= 15 is 0 Å². The molecule has 36 heavy (non-hydrogen) atoms. The molecule has 1 aromatic heterocycles. The molecule has 0 bridgehead atoms. The Kier molecular flexibility index (Phi) is 6.70. The van der Waals surface area contributed by atoms with E-state index in [2.05, 4.69) is 10.4 Å². The van der Waals surface area contributed by atoms with Gasteiger partial charge in [-0.15, -0.1) is 0 Å². The number of alkyl halides is 3. The van der Waals surface area contributed by atoms with Crippen LogP contribution in [0.15, 0.2) is 83.8 Å². The fraction of sp³-hybridized carbons (Fsp3) is 0.120. The molecule has 0 unspecified atom stereocenters. The van der Waals surface area contributed by atoms with Crippen molar-refractivity contribution in [2.45, 2.75) is 24.5 Å². The quantitative estimate of drug-likeness (QED) is 0.395. The number of carbonyl (C=O) groups is 1. The van der Waals surface area contributed by atoms with Gasteiger partial charge in [0, 0.05) is 24.6 Å². The molecular formula is C25H21F3N4O3S. The van der Waals surface area contributed by atoms with Crippen LogP contribution in [0.4, 0.5) is 13.2 Å². The first-order chi connectivity index (χ1) is 16.9. The van der Waals surface area contributed by atoms with Gasteiger partial charge in [0.05, 0.1) is 16.3 Å². The molecule has 3 N–H and O–H groups in total. The van der Waals surface area contributed by atoms with E-state index in [1.165, 1.54) is 48.0 Å². The van der Waals surface area contributed by atoms with Gasteiger partial charge in [-0.25, -0.2) is 18.2 Å². The first kappa shape index (κ1) is 25.1. The second-order valence-corrected chi connectivity index (χ2v) is 9.55. The summed E-state index contributed by atoms with van der Waals surface area (Å²) in [5.41, 5.74) is 0.531. The Bertz CT molecular complexity index is 1500. The first-order valence-electron chi connectivity index (χ1n) is 10.7. The fourth-order valence-corrected chi connectivity index (χ4v) is 4.25. The molecule has 1 amide bonds. The molecule has 4 rings (SSSR count). The average molecular weight is 515 g/mol. The van der Waals surface area contributed by atoms with E-state index in [4.69, 9.17) is 5.14 Å². The van der Waals surface area contributed by atoms with Gasteiger partial charge < -0.3 is 5.32 Å². The summed E-state index contributed by atoms with van der Waals surface area (Å²) in [6.45, 7) is 1.60. The summed E-state index contributed by atoms with van der Waals surface area (Å²) in [5, 5.41) is 11.8. The molecule has 0 saturated heterocycles. The van der Waals surface area contributed by atoms with E-state index in [1.807, 2.05) is 0 Å². The molecule has 0 aliphatic heterocycles. The van der Waals surface area contributed by atoms with Crippen molar-refractivity contribution >= 4 is 15.9 Å². The Hall–Kier alpha value is -3.96. The van der Waals surface area contributed by atoms with E-state index in [0.717, 1.165) is 0 Å². The summed E-state index contributed by atoms with van der Waals surface area (Å²) in [7, 11) is -3.99. The second-order valence-electron chi connectivity index (χ2n) is 7.99. The van der Waals surface area contributed by atoms with Crippen LogP contribution in [0, 0.1) is 0 Å². The number of rotatable bonds is 6. The molecule has 11 heteroatoms. The van der Waals surface area contributed by atoms with Gasteiger partial charge in [-0.2, -0.15) is 18.3 Å². The van der Waals surface area contributed by atoms with Crippen LogP contribution in [0.2, 0.25) is 0 Å². The highest BCUT2D eigenvalue weighted by Crippen LogP contribution is 2.43. The lowest BCUT2D eigenvalue weighted by Gasteiger charge is -2.12. The maximum Gasteiger partial charge on any atom is 0.435 e. The Morgan fingerprint density at radius 2 is 1.53 bits per heavy atom. The highest BCUT2D eigenvalue weighted by atomic mass is 32.2. The van der Waals surface area contributed by atoms with E-state index < -0.39 is 21.9 Å². The number of nitrogens with zero attached hydrogens (tertiary/aromatic N) is 2. The predicted octanol–water partition coefficient (Wildman–Crippen LogP) is 4.51. The number of hydrogen-bond acceptors (Lipinski definition) is 4. The highest BCUT2D eigenvalue weighted by molar-refractivity contribution is 7.89. The number of nitrogens with two attached hydrogens (primary N) is 1. The number of sulfonamides is 1. The number of hydrogen-bond donors (Lipinski definition) is 2. The predicted molar refractivity (Wildman–Crippen MR) is 128 cm³/mol. The lowest BCUT2D eigenvalue weighted by atomic mass is 9.97. The number of primary sulfonamides is 1. The van der Waals surface area contributed by atoms with Crippen LogP contribution in [-0.2, 0) is 27.5 Å². The van der Waals surface area contributed by atoms with Crippen LogP contribution in [0.1, 0.15) is 18.2 Å². The SMILES string of the molecule is CC(=O)NCc1ccc(-c2c(C(F)(F)F)nn(-c3ccccc3)c2-c2ccc(S(N)(=O)=O)cc2)cc1. The van der Waals surface area contributed by atoms with Gasteiger partial charge in [0.25, 0.3) is 0 Å². The van der Waals surface area contributed by atoms with Crippen molar-refractivity contribution in [1.82, 2.24) is 15.1 Å². The van der Waals surface area contributed by atoms with Gasteiger partial charge in [0.1, 0.15) is 0 Å². The van der Waals surface area contributed by atoms with Gasteiger partial charge in [-0.05, 0) is 35.4 Å². The van der Waals surface area contributed by atoms with Crippen LogP contribution in [0.25, 0.3) is 28.1 Å². The molecule has 0 aliphatic carbocycles. The van der Waals surface area contributed by atoms with Gasteiger partial charge in [0.2, 0.25) is 15.9 Å². The van der Waals surface area contributed by atoms with E-state index in [-0.39, 0.29) is 34.2 Å². The van der Waals surface area contributed by atoms with Crippen LogP contribution in [0.3, 0.4) is 0 Å². The monoisotopic (exact) mass is 514 g/mol. The molecule has 0 radical (unpaired) electrons. The minimum atomic E-state index is -4.78. The van der Waals surface area contributed by atoms with Crippen LogP contribution < -0.4 is 10.5 Å². The summed E-state index contributed by atoms with van der Waals surface area (Å²) in [5.74, 6) is -0.229. The number of amides is 1. The second kappa shape index (κ2) is 9.59. The average Bonchev–Trinajstić information content (AvgIpc) is 3.24. The summed E-state index contributed by atoms with van der Waals surface area (Å²) in [6.07, 6.45) is -4.78. The molecule has 0 spiro atoms. The molecule has 7 nitrogen and oxygen atoms in total. The maximum absolute atomic E-state index is 14.2. The Balaban J connectivity index is 1.97. The standard InChI is InChI=1S/C25H21F3N4O3S/c1-16(33)30-15-17-7-9-18(10-8-17)22-23(19-11-13-21(14-12-19)36(29,34)35)32(20-5-3-2-4-6-20)31-24(22)25(26,27)28/h2-14H,15H2,1H3,(H,30,33)(H2,29,34,35). The Morgan fingerprint density at radius 1 is 0.944 bits per heavy atom. The molecule has 0 fully saturated rings. The van der Waals surface area contributed by atoms with Crippen molar-refractivity contribution in [3.8, 4) is 28.1 Å². The van der Waals surface area contributed by atoms with Crippen molar-refractivity contribution < 1.29 is 26.4 Å². The summed E-state index contributed by atoms with van der Waals surface area (Å²) >= 11 is 0. The number of halogens is 3. The largest absolute Gasteiger partial charge is 0.435 e. The van der Waals surface area contributed by atoms with E-state index in [0.29, 0.717) is 16.8 Å². The Morgan fingerprint density at radius 3 is 2.06 bits per heavy atom. The number of aromatic nitrogens is 2. The van der Waals surface area contributed by atoms with E-state index in [1.54, 1.807) is 42.5 Å². The van der Waals surface area contributed by atoms with Crippen molar-refractivity contribution in [1.29, 1.82) is 0 Å². The molecule has 186 valence electrons. The first-order valence-corrected chi connectivity index (χ1v) is 12.2. The fourth-order valence-electron chi connectivity index (χ4n) is 3.73. The zero-order chi connectivity index (χ0) is 26.1. The van der Waals surface area contributed by atoms with E-state index in [9.17, 15) is 26.4 Å². The van der Waals surface area contributed by atoms with Crippen molar-refractivity contribution in [2.24, 2.45) is 5.14 Å². The number of para-hydroxylation sites is 1. The van der Waals surface area contributed by atoms with Gasteiger partial charge >= 0.3 is 6.18 Å². The highest BCUT2D eigenvalue weighted by Gasteiger charge is 2.40. The molecule has 1 heterocycles. The molecule has 0 saturated carbocycles. The lowest BCUT2D eigenvalue weighted by molar-refractivity contribution is -0.140. The van der Waals surface area contributed by atoms with Crippen LogP contribution in [-0.4, -0.2) is 24.1 Å². The van der Waals surface area contributed by atoms with Crippen molar-refractivity contribution in [3.63, 3.8) is 0 Å². The minimum absolute atomic E-state index is 0.129. The third-order valence-electron chi connectivity index (χ3n) is 5.40. The Labute approximate surface area is 205 Å². The third-order valence-corrected chi connectivity index (χ3v) is 6.32. The maximum atomic E-state index is 14.2. The number of nitrogens with one attached hydrogen (secondary N) is 1. The van der Waals surface area contributed by atoms with Crippen LogP contribution in [0.5, 0.6) is 0 Å². The van der Waals surface area contributed by atoms with Crippen molar-refractivity contribution in [2.75, 3.05) is 0 Å². The van der Waals surface area contributed by atoms with Gasteiger partial charge in [0.15, 0.2) is 5.69 Å². The third kappa shape index (κ3) is 5.31. The molecule has 0 aliphatic rings. The number of benzene rings is 3. The summed E-state index contributed by atoms with van der Waals surface area (Å²) < 4.78 is 67.3. The smallest absolute Gasteiger partial charge is 0.352 e. The van der Waals surface area contributed by atoms with Gasteiger partial charge in [-0.3, -0.25) is 4.79 Å². The summed E-state index contributed by atoms with van der Waals surface area (Å²) in [4.78, 5) is 11.0. The molecule has 3 aromatic carbocycles. The van der Waals surface area contributed by atoms with Crippen molar-refractivity contribution in [3.05, 3.63) is 90.1 Å². The summed E-state index contributed by atoms with van der Waals surface area (Å²) in [6, 6.07) is 19.9. The zero-order valence-electron chi connectivity index (χ0n) is 19.0. The van der Waals surface area contributed by atoms with Gasteiger partial charge in [-0.1, -0.05) is 54.6 Å². The molecule has 0 atom stereocenters. The molecule has 4 aromatic rings. The zero-order valence-corrected chi connectivity index (χ0v) is 19.8. The number of carbonyl (C=O) groups excluding carboxylic acids is 1. The molecular weight excluding hydrogens is 493 g/mol. The topological polar surface area (TPSA) is 107 Å². The lowest BCUT2D eigenvalue weighted by Crippen LogP contribution is -2.18. The normalized spacial score (nSPS) is 11.9.